The Morgan fingerprint density at radius 2 is 1.83 bits per heavy atom. The molecule has 0 bridgehead atoms. The van der Waals surface area contributed by atoms with Crippen molar-refractivity contribution in [2.45, 2.75) is 57.8 Å². The molecule has 0 amide bonds. The highest BCUT2D eigenvalue weighted by Crippen LogP contribution is 2.29. The van der Waals surface area contributed by atoms with Gasteiger partial charge in [-0.2, -0.15) is 0 Å². The zero-order valence-corrected chi connectivity index (χ0v) is 14.7. The second-order valence-corrected chi connectivity index (χ2v) is 6.99. The summed E-state index contributed by atoms with van der Waals surface area (Å²) in [5.74, 6) is 0.0637. The molecule has 1 aliphatic heterocycles. The van der Waals surface area contributed by atoms with Gasteiger partial charge in [-0.15, -0.1) is 0 Å². The van der Waals surface area contributed by atoms with E-state index in [0.717, 1.165) is 51.7 Å². The zero-order chi connectivity index (χ0) is 16.8. The normalized spacial score (nSPS) is 28.0. The first-order chi connectivity index (χ1) is 11.7. The van der Waals surface area contributed by atoms with Crippen LogP contribution in [-0.4, -0.2) is 42.8 Å². The Balaban J connectivity index is 1.38. The maximum absolute atomic E-state index is 11.8. The average Bonchev–Trinajstić information content (AvgIpc) is 3.03. The van der Waals surface area contributed by atoms with Gasteiger partial charge in [-0.25, -0.2) is 0 Å². The van der Waals surface area contributed by atoms with Gasteiger partial charge in [-0.3, -0.25) is 9.69 Å². The molecule has 1 atom stereocenters. The molecule has 3 rings (SSSR count). The molecule has 1 heterocycles. The highest BCUT2D eigenvalue weighted by Gasteiger charge is 2.31. The molecule has 1 aromatic carbocycles. The van der Waals surface area contributed by atoms with E-state index in [4.69, 9.17) is 9.47 Å². The van der Waals surface area contributed by atoms with E-state index >= 15 is 0 Å². The topological polar surface area (TPSA) is 38.8 Å². The molecular formula is C20H29NO3. The van der Waals surface area contributed by atoms with Crippen LogP contribution in [0.25, 0.3) is 0 Å². The molecule has 132 valence electrons. The van der Waals surface area contributed by atoms with E-state index in [1.54, 1.807) is 0 Å². The fourth-order valence-electron chi connectivity index (χ4n) is 3.86. The summed E-state index contributed by atoms with van der Waals surface area (Å²) in [7, 11) is 0. The highest BCUT2D eigenvalue weighted by atomic mass is 16.5. The number of benzene rings is 1. The minimum absolute atomic E-state index is 0.0224. The van der Waals surface area contributed by atoms with Gasteiger partial charge in [0.15, 0.2) is 0 Å². The first kappa shape index (κ1) is 17.4. The van der Waals surface area contributed by atoms with E-state index in [0.29, 0.717) is 18.8 Å². The predicted molar refractivity (Wildman–Crippen MR) is 93.6 cm³/mol. The summed E-state index contributed by atoms with van der Waals surface area (Å²) in [6, 6.07) is 10.6. The number of carbonyl (C=O) groups excluding carboxylic acids is 1. The van der Waals surface area contributed by atoms with E-state index in [2.05, 4.69) is 35.2 Å². The van der Waals surface area contributed by atoms with E-state index in [1.807, 2.05) is 6.92 Å². The summed E-state index contributed by atoms with van der Waals surface area (Å²) in [4.78, 5) is 14.3. The second kappa shape index (κ2) is 8.63. The van der Waals surface area contributed by atoms with Crippen LogP contribution in [-0.2, 0) is 20.8 Å². The quantitative estimate of drug-likeness (QED) is 0.749. The molecule has 0 N–H and O–H groups in total. The molecule has 4 nitrogen and oxygen atoms in total. The number of likely N-dealkylation sites (tertiary alicyclic amines) is 1. The van der Waals surface area contributed by atoms with Gasteiger partial charge in [0, 0.05) is 19.6 Å². The van der Waals surface area contributed by atoms with Gasteiger partial charge in [0.05, 0.1) is 24.7 Å². The Labute approximate surface area is 145 Å². The lowest BCUT2D eigenvalue weighted by Gasteiger charge is -2.29. The van der Waals surface area contributed by atoms with Crippen molar-refractivity contribution in [3.05, 3.63) is 35.9 Å². The number of esters is 1. The van der Waals surface area contributed by atoms with E-state index < -0.39 is 0 Å². The van der Waals surface area contributed by atoms with Crippen molar-refractivity contribution >= 4 is 5.97 Å². The fourth-order valence-corrected chi connectivity index (χ4v) is 3.86. The summed E-state index contributed by atoms with van der Waals surface area (Å²) in [6.45, 7) is 5.49. The number of rotatable bonds is 6. The Kier molecular flexibility index (Phi) is 6.27. The third kappa shape index (κ3) is 4.81. The molecule has 1 saturated carbocycles. The van der Waals surface area contributed by atoms with Crippen molar-refractivity contribution in [2.24, 2.45) is 5.92 Å². The van der Waals surface area contributed by atoms with Crippen LogP contribution in [0.4, 0.5) is 0 Å². The van der Waals surface area contributed by atoms with Crippen LogP contribution in [0, 0.1) is 5.92 Å². The molecule has 1 saturated heterocycles. The lowest BCUT2D eigenvalue weighted by Crippen LogP contribution is -2.31. The fraction of sp³-hybridized carbons (Fsp3) is 0.650. The van der Waals surface area contributed by atoms with Gasteiger partial charge >= 0.3 is 5.97 Å². The van der Waals surface area contributed by atoms with Crippen molar-refractivity contribution in [2.75, 3.05) is 19.7 Å². The van der Waals surface area contributed by atoms with Crippen molar-refractivity contribution in [3.8, 4) is 0 Å². The number of hydrogen-bond donors (Lipinski definition) is 0. The molecule has 0 aromatic heterocycles. The Morgan fingerprint density at radius 3 is 2.54 bits per heavy atom. The van der Waals surface area contributed by atoms with Gasteiger partial charge in [-0.1, -0.05) is 30.3 Å². The van der Waals surface area contributed by atoms with Crippen LogP contribution in [0.1, 0.15) is 44.6 Å². The number of ether oxygens (including phenoxy) is 2. The molecule has 2 aliphatic rings. The first-order valence-corrected chi connectivity index (χ1v) is 9.33. The third-order valence-electron chi connectivity index (χ3n) is 5.16. The second-order valence-electron chi connectivity index (χ2n) is 6.99. The standard InChI is InChI=1S/C20H29NO3/c1-2-23-20(22)17-8-10-18(11-9-17)24-19-12-13-21(15-19)14-16-6-4-3-5-7-16/h3-7,17-19H,2,8-15H2,1H3/t17-,18-,19-/m1/s1. The summed E-state index contributed by atoms with van der Waals surface area (Å²) in [5.41, 5.74) is 1.37. The van der Waals surface area contributed by atoms with Gasteiger partial charge in [0.2, 0.25) is 0 Å². The molecule has 0 spiro atoms. The van der Waals surface area contributed by atoms with Gasteiger partial charge < -0.3 is 9.47 Å². The molecule has 4 heteroatoms. The van der Waals surface area contributed by atoms with Gasteiger partial charge in [-0.05, 0) is 44.6 Å². The molecule has 1 aliphatic carbocycles. The molecule has 1 aromatic rings. The largest absolute Gasteiger partial charge is 0.466 e. The Hall–Kier alpha value is -1.39. The van der Waals surface area contributed by atoms with E-state index in [1.165, 1.54) is 5.56 Å². The molecule has 24 heavy (non-hydrogen) atoms. The van der Waals surface area contributed by atoms with Crippen LogP contribution in [0.15, 0.2) is 30.3 Å². The number of carbonyl (C=O) groups is 1. The number of hydrogen-bond acceptors (Lipinski definition) is 4. The Bertz CT molecular complexity index is 511. The average molecular weight is 331 g/mol. The molecule has 0 unspecified atom stereocenters. The Morgan fingerprint density at radius 1 is 1.08 bits per heavy atom. The van der Waals surface area contributed by atoms with Crippen LogP contribution in [0.3, 0.4) is 0 Å². The van der Waals surface area contributed by atoms with E-state index in [9.17, 15) is 4.79 Å². The highest BCUT2D eigenvalue weighted by molar-refractivity contribution is 5.72. The predicted octanol–water partition coefficient (Wildman–Crippen LogP) is 3.40. The number of nitrogens with zero attached hydrogens (tertiary/aromatic N) is 1. The van der Waals surface area contributed by atoms with Crippen LogP contribution in [0.5, 0.6) is 0 Å². The van der Waals surface area contributed by atoms with Crippen LogP contribution in [0.2, 0.25) is 0 Å². The van der Waals surface area contributed by atoms with Crippen LogP contribution >= 0.6 is 0 Å². The molecule has 0 radical (unpaired) electrons. The minimum Gasteiger partial charge on any atom is -0.466 e. The van der Waals surface area contributed by atoms with Gasteiger partial charge in [0.25, 0.3) is 0 Å². The van der Waals surface area contributed by atoms with Crippen molar-refractivity contribution in [1.29, 1.82) is 0 Å². The van der Waals surface area contributed by atoms with Crippen LogP contribution < -0.4 is 0 Å². The third-order valence-corrected chi connectivity index (χ3v) is 5.16. The summed E-state index contributed by atoms with van der Waals surface area (Å²) >= 11 is 0. The first-order valence-electron chi connectivity index (χ1n) is 9.33. The van der Waals surface area contributed by atoms with Crippen molar-refractivity contribution in [1.82, 2.24) is 4.90 Å². The summed E-state index contributed by atoms with van der Waals surface area (Å²) < 4.78 is 11.4. The van der Waals surface area contributed by atoms with Crippen molar-refractivity contribution < 1.29 is 14.3 Å². The maximum Gasteiger partial charge on any atom is 0.308 e. The zero-order valence-electron chi connectivity index (χ0n) is 14.7. The lowest BCUT2D eigenvalue weighted by atomic mass is 9.87. The SMILES string of the molecule is CCOC(=O)[C@H]1CC[C@H](O[C@@H]2CCN(Cc3ccccc3)C2)CC1. The summed E-state index contributed by atoms with van der Waals surface area (Å²) in [6.07, 6.45) is 5.56. The molecular weight excluding hydrogens is 302 g/mol. The minimum atomic E-state index is -0.0224. The lowest BCUT2D eigenvalue weighted by molar-refractivity contribution is -0.150. The van der Waals surface area contributed by atoms with E-state index in [-0.39, 0.29) is 11.9 Å². The molecule has 2 fully saturated rings. The smallest absolute Gasteiger partial charge is 0.308 e. The monoisotopic (exact) mass is 331 g/mol. The van der Waals surface area contributed by atoms with Gasteiger partial charge in [0.1, 0.15) is 0 Å². The van der Waals surface area contributed by atoms with Crippen molar-refractivity contribution in [3.63, 3.8) is 0 Å². The maximum atomic E-state index is 11.8. The summed E-state index contributed by atoms with van der Waals surface area (Å²) in [5, 5.41) is 0.